The quantitative estimate of drug-likeness (QED) is 0.624. The van der Waals surface area contributed by atoms with Crippen molar-refractivity contribution in [2.45, 2.75) is 30.9 Å². The highest BCUT2D eigenvalue weighted by atomic mass is 35.5. The molecule has 1 aliphatic rings. The zero-order chi connectivity index (χ0) is 21.4. The number of hydrogen-bond donors (Lipinski definition) is 1. The summed E-state index contributed by atoms with van der Waals surface area (Å²) in [6.07, 6.45) is 0.725. The summed E-state index contributed by atoms with van der Waals surface area (Å²) in [6, 6.07) is 12.1. The van der Waals surface area contributed by atoms with Crippen LogP contribution in [0.1, 0.15) is 30.4 Å². The average molecular weight is 435 g/mol. The Balaban J connectivity index is 1.56. The van der Waals surface area contributed by atoms with Crippen LogP contribution in [0.15, 0.2) is 59.7 Å². The van der Waals surface area contributed by atoms with E-state index in [-0.39, 0.29) is 16.3 Å². The minimum absolute atomic E-state index is 0.0194. The molecule has 0 bridgehead atoms. The highest BCUT2D eigenvalue weighted by molar-refractivity contribution is 6.32. The molecule has 0 unspecified atom stereocenters. The first kappa shape index (κ1) is 20.4. The number of rotatable bonds is 5. The largest absolute Gasteiger partial charge is 0.417 e. The third-order valence-corrected chi connectivity index (χ3v) is 5.89. The maximum absolute atomic E-state index is 12.7. The van der Waals surface area contributed by atoms with Gasteiger partial charge in [0.25, 0.3) is 5.56 Å². The maximum Gasteiger partial charge on any atom is 0.417 e. The van der Waals surface area contributed by atoms with Crippen molar-refractivity contribution >= 4 is 17.3 Å². The summed E-state index contributed by atoms with van der Waals surface area (Å²) < 4.78 is 39.0. The van der Waals surface area contributed by atoms with Crippen LogP contribution in [0.4, 0.5) is 18.9 Å². The van der Waals surface area contributed by atoms with E-state index in [0.29, 0.717) is 18.4 Å². The first-order valence-corrected chi connectivity index (χ1v) is 9.79. The molecule has 156 valence electrons. The van der Waals surface area contributed by atoms with E-state index in [9.17, 15) is 18.0 Å². The number of anilines is 1. The highest BCUT2D eigenvalue weighted by Crippen LogP contribution is 2.43. The van der Waals surface area contributed by atoms with E-state index in [4.69, 9.17) is 11.6 Å². The van der Waals surface area contributed by atoms with Crippen molar-refractivity contribution in [3.63, 3.8) is 0 Å². The van der Waals surface area contributed by atoms with Crippen LogP contribution in [-0.2, 0) is 11.6 Å². The molecule has 30 heavy (non-hydrogen) atoms. The standard InChI is InChI=1S/C21H18ClF3N4O/c22-18-16(27-13-20(9-4-10-20)14-5-2-1-3-6-14)12-28-29(19(18)30)17-8-7-15(11-26-17)21(23,24)25/h1-3,5-8,11-12,27H,4,9-10,13H2. The Kier molecular flexibility index (Phi) is 5.27. The van der Waals surface area contributed by atoms with Crippen molar-refractivity contribution in [1.82, 2.24) is 14.8 Å². The molecule has 0 radical (unpaired) electrons. The lowest BCUT2D eigenvalue weighted by Gasteiger charge is -2.43. The fraction of sp³-hybridized carbons (Fsp3) is 0.286. The van der Waals surface area contributed by atoms with Crippen molar-refractivity contribution < 1.29 is 13.2 Å². The van der Waals surface area contributed by atoms with Crippen LogP contribution in [0, 0.1) is 0 Å². The van der Waals surface area contributed by atoms with Gasteiger partial charge in [0.15, 0.2) is 5.82 Å². The van der Waals surface area contributed by atoms with Gasteiger partial charge in [0.1, 0.15) is 5.02 Å². The summed E-state index contributed by atoms with van der Waals surface area (Å²) in [4.78, 5) is 16.3. The molecule has 1 saturated carbocycles. The predicted molar refractivity (Wildman–Crippen MR) is 108 cm³/mol. The van der Waals surface area contributed by atoms with Crippen molar-refractivity contribution in [3.05, 3.63) is 81.4 Å². The summed E-state index contributed by atoms with van der Waals surface area (Å²) in [7, 11) is 0. The molecule has 2 heterocycles. The minimum atomic E-state index is -4.51. The second-order valence-electron chi connectivity index (χ2n) is 7.35. The molecular formula is C21H18ClF3N4O. The molecule has 0 saturated heterocycles. The van der Waals surface area contributed by atoms with Crippen molar-refractivity contribution in [2.75, 3.05) is 11.9 Å². The molecule has 0 spiro atoms. The topological polar surface area (TPSA) is 59.8 Å². The van der Waals surface area contributed by atoms with Crippen LogP contribution in [0.25, 0.3) is 5.82 Å². The summed E-state index contributed by atoms with van der Waals surface area (Å²) in [5, 5.41) is 7.17. The number of aromatic nitrogens is 3. The van der Waals surface area contributed by atoms with E-state index in [2.05, 4.69) is 27.5 Å². The molecule has 1 fully saturated rings. The summed E-state index contributed by atoms with van der Waals surface area (Å²) in [5.74, 6) is -0.0406. The van der Waals surface area contributed by atoms with E-state index in [1.54, 1.807) is 0 Å². The lowest BCUT2D eigenvalue weighted by atomic mass is 9.64. The molecule has 3 aromatic rings. The molecule has 4 rings (SSSR count). The van der Waals surface area contributed by atoms with Crippen LogP contribution in [0.3, 0.4) is 0 Å². The SMILES string of the molecule is O=c1c(Cl)c(NCC2(c3ccccc3)CCC2)cnn1-c1ccc(C(F)(F)F)cn1. The Morgan fingerprint density at radius 2 is 1.83 bits per heavy atom. The Bertz CT molecular complexity index is 1090. The van der Waals surface area contributed by atoms with Crippen molar-refractivity contribution in [3.8, 4) is 5.82 Å². The molecule has 5 nitrogen and oxygen atoms in total. The molecule has 1 N–H and O–H groups in total. The Morgan fingerprint density at radius 3 is 2.40 bits per heavy atom. The lowest BCUT2D eigenvalue weighted by Crippen LogP contribution is -2.41. The first-order valence-electron chi connectivity index (χ1n) is 9.41. The molecule has 0 aliphatic heterocycles. The molecule has 1 aromatic carbocycles. The van der Waals surface area contributed by atoms with E-state index < -0.39 is 17.3 Å². The smallest absolute Gasteiger partial charge is 0.381 e. The Morgan fingerprint density at radius 1 is 1.10 bits per heavy atom. The van der Waals surface area contributed by atoms with Gasteiger partial charge in [-0.15, -0.1) is 0 Å². The third-order valence-electron chi connectivity index (χ3n) is 5.53. The molecule has 2 aromatic heterocycles. The van der Waals surface area contributed by atoms with Crippen molar-refractivity contribution in [1.29, 1.82) is 0 Å². The van der Waals surface area contributed by atoms with Crippen LogP contribution >= 0.6 is 11.6 Å². The van der Waals surface area contributed by atoms with Gasteiger partial charge in [0.2, 0.25) is 0 Å². The van der Waals surface area contributed by atoms with Gasteiger partial charge in [-0.3, -0.25) is 4.79 Å². The third kappa shape index (κ3) is 3.79. The van der Waals surface area contributed by atoms with Crippen molar-refractivity contribution in [2.24, 2.45) is 0 Å². The number of pyridine rings is 1. The van der Waals surface area contributed by atoms with Crippen LogP contribution < -0.4 is 10.9 Å². The van der Waals surface area contributed by atoms with E-state index >= 15 is 0 Å². The number of nitrogens with one attached hydrogen (secondary N) is 1. The van der Waals surface area contributed by atoms with E-state index in [1.807, 2.05) is 18.2 Å². The van der Waals surface area contributed by atoms with Gasteiger partial charge in [0, 0.05) is 18.2 Å². The maximum atomic E-state index is 12.7. The summed E-state index contributed by atoms with van der Waals surface area (Å²) in [6.45, 7) is 0.598. The van der Waals surface area contributed by atoms with Gasteiger partial charge in [-0.05, 0) is 30.5 Å². The number of alkyl halides is 3. The van der Waals surface area contributed by atoms with E-state index in [0.717, 1.165) is 36.1 Å². The predicted octanol–water partition coefficient (Wildman–Crippen LogP) is 4.83. The summed E-state index contributed by atoms with van der Waals surface area (Å²) in [5.41, 5.74) is 0.0304. The fourth-order valence-electron chi connectivity index (χ4n) is 3.63. The van der Waals surface area contributed by atoms with Gasteiger partial charge in [-0.1, -0.05) is 48.4 Å². The fourth-order valence-corrected chi connectivity index (χ4v) is 3.82. The average Bonchev–Trinajstić information content (AvgIpc) is 2.70. The molecular weight excluding hydrogens is 417 g/mol. The molecule has 0 atom stereocenters. The zero-order valence-electron chi connectivity index (χ0n) is 15.8. The highest BCUT2D eigenvalue weighted by Gasteiger charge is 2.38. The normalized spacial score (nSPS) is 15.5. The zero-order valence-corrected chi connectivity index (χ0v) is 16.5. The molecule has 1 aliphatic carbocycles. The Hall–Kier alpha value is -2.87. The van der Waals surface area contributed by atoms with Gasteiger partial charge in [-0.25, -0.2) is 4.98 Å². The monoisotopic (exact) mass is 434 g/mol. The van der Waals surface area contributed by atoms with Crippen LogP contribution in [0.2, 0.25) is 5.02 Å². The van der Waals surface area contributed by atoms with Gasteiger partial charge in [-0.2, -0.15) is 23.0 Å². The molecule has 9 heteroatoms. The number of halogens is 4. The minimum Gasteiger partial charge on any atom is -0.381 e. The van der Waals surface area contributed by atoms with Gasteiger partial charge < -0.3 is 5.32 Å². The van der Waals surface area contributed by atoms with E-state index in [1.165, 1.54) is 11.8 Å². The second-order valence-corrected chi connectivity index (χ2v) is 7.72. The Labute approximate surface area is 175 Å². The van der Waals surface area contributed by atoms with Crippen LogP contribution in [-0.4, -0.2) is 21.3 Å². The lowest BCUT2D eigenvalue weighted by molar-refractivity contribution is -0.137. The second kappa shape index (κ2) is 7.75. The number of nitrogens with zero attached hydrogens (tertiary/aromatic N) is 3. The number of benzene rings is 1. The van der Waals surface area contributed by atoms with Crippen LogP contribution in [0.5, 0.6) is 0 Å². The molecule has 0 amide bonds. The number of hydrogen-bond acceptors (Lipinski definition) is 4. The van der Waals surface area contributed by atoms with Gasteiger partial charge in [0.05, 0.1) is 17.4 Å². The summed E-state index contributed by atoms with van der Waals surface area (Å²) >= 11 is 6.24. The van der Waals surface area contributed by atoms with Gasteiger partial charge >= 0.3 is 6.18 Å². The first-order chi connectivity index (χ1) is 14.3.